The fourth-order valence-corrected chi connectivity index (χ4v) is 4.16. The summed E-state index contributed by atoms with van der Waals surface area (Å²) in [6.07, 6.45) is 6.44. The van der Waals surface area contributed by atoms with Gasteiger partial charge in [-0.2, -0.15) is 8.78 Å². The van der Waals surface area contributed by atoms with Crippen molar-refractivity contribution in [2.45, 2.75) is 39.2 Å². The van der Waals surface area contributed by atoms with Gasteiger partial charge < -0.3 is 4.74 Å². The zero-order valence-corrected chi connectivity index (χ0v) is 20.7. The molecule has 0 saturated heterocycles. The second kappa shape index (κ2) is 12.4. The van der Waals surface area contributed by atoms with Crippen LogP contribution >= 0.6 is 0 Å². The minimum Gasteiger partial charge on any atom is -0.429 e. The Morgan fingerprint density at radius 2 is 1.45 bits per heavy atom. The number of rotatable bonds is 8. The minimum absolute atomic E-state index is 0.114. The van der Waals surface area contributed by atoms with Gasteiger partial charge in [0.25, 0.3) is 0 Å². The first kappa shape index (κ1) is 26.9. The number of halogens is 5. The molecule has 0 heterocycles. The van der Waals surface area contributed by atoms with E-state index in [0.29, 0.717) is 16.3 Å². The van der Waals surface area contributed by atoms with Crippen molar-refractivity contribution < 1.29 is 26.7 Å². The topological polar surface area (TPSA) is 9.23 Å². The first-order valence-electron chi connectivity index (χ1n) is 12.2. The smallest absolute Gasteiger partial charge is 0.387 e. The number of alkyl halides is 2. The molecule has 0 aliphatic rings. The fourth-order valence-electron chi connectivity index (χ4n) is 4.16. The molecule has 4 aromatic rings. The first-order chi connectivity index (χ1) is 18.3. The Bertz CT molecular complexity index is 1490. The molecule has 0 aliphatic carbocycles. The van der Waals surface area contributed by atoms with Gasteiger partial charge in [-0.3, -0.25) is 0 Å². The van der Waals surface area contributed by atoms with Crippen molar-refractivity contribution in [2.24, 2.45) is 0 Å². The van der Waals surface area contributed by atoms with Crippen LogP contribution in [-0.2, 0) is 19.3 Å². The molecule has 4 rings (SSSR count). The van der Waals surface area contributed by atoms with E-state index in [1.807, 2.05) is 31.2 Å². The molecule has 4 aromatic carbocycles. The quantitative estimate of drug-likeness (QED) is 0.129. The van der Waals surface area contributed by atoms with Gasteiger partial charge in [-0.05, 0) is 91.1 Å². The van der Waals surface area contributed by atoms with Gasteiger partial charge in [0.05, 0.1) is 0 Å². The van der Waals surface area contributed by atoms with Crippen molar-refractivity contribution in [2.75, 3.05) is 0 Å². The van der Waals surface area contributed by atoms with Crippen molar-refractivity contribution in [3.05, 3.63) is 124 Å². The third-order valence-corrected chi connectivity index (χ3v) is 6.12. The van der Waals surface area contributed by atoms with Crippen LogP contribution < -0.4 is 4.74 Å². The molecule has 6 heteroatoms. The summed E-state index contributed by atoms with van der Waals surface area (Å²) < 4.78 is 71.7. The molecule has 0 N–H and O–H groups in total. The van der Waals surface area contributed by atoms with E-state index in [1.54, 1.807) is 24.3 Å². The molecule has 1 nitrogen and oxygen atoms in total. The molecule has 0 atom stereocenters. The second-order valence-corrected chi connectivity index (χ2v) is 8.80. The number of fused-ring (bicyclic) bond motifs is 1. The van der Waals surface area contributed by atoms with Crippen molar-refractivity contribution in [1.82, 2.24) is 0 Å². The van der Waals surface area contributed by atoms with Crippen LogP contribution in [0.5, 0.6) is 5.75 Å². The Hall–Kier alpha value is -4.11. The van der Waals surface area contributed by atoms with Gasteiger partial charge >= 0.3 is 6.61 Å². The third kappa shape index (κ3) is 6.80. The van der Waals surface area contributed by atoms with Gasteiger partial charge in [-0.15, -0.1) is 0 Å². The lowest BCUT2D eigenvalue weighted by molar-refractivity contribution is -0.0546. The molecule has 0 saturated carbocycles. The molecule has 194 valence electrons. The van der Waals surface area contributed by atoms with Gasteiger partial charge in [0.1, 0.15) is 5.82 Å². The summed E-state index contributed by atoms with van der Waals surface area (Å²) >= 11 is 0. The highest BCUT2D eigenvalue weighted by Gasteiger charge is 2.17. The largest absolute Gasteiger partial charge is 0.429 e. The highest BCUT2D eigenvalue weighted by atomic mass is 19.3. The number of benzene rings is 4. The van der Waals surface area contributed by atoms with Crippen LogP contribution in [0.3, 0.4) is 0 Å². The highest BCUT2D eigenvalue weighted by molar-refractivity contribution is 5.85. The van der Waals surface area contributed by atoms with Crippen LogP contribution in [0.2, 0.25) is 0 Å². The van der Waals surface area contributed by atoms with E-state index in [-0.39, 0.29) is 18.4 Å². The molecule has 0 fully saturated rings. The van der Waals surface area contributed by atoms with E-state index in [4.69, 9.17) is 0 Å². The Kier molecular flexibility index (Phi) is 8.81. The number of hydrogen-bond acceptors (Lipinski definition) is 1. The van der Waals surface area contributed by atoms with Crippen LogP contribution in [0.25, 0.3) is 10.8 Å². The summed E-state index contributed by atoms with van der Waals surface area (Å²) in [5.41, 5.74) is 3.47. The second-order valence-electron chi connectivity index (χ2n) is 8.80. The van der Waals surface area contributed by atoms with Crippen molar-refractivity contribution >= 4 is 10.8 Å². The Morgan fingerprint density at radius 3 is 2.13 bits per heavy atom. The van der Waals surface area contributed by atoms with Gasteiger partial charge in [-0.1, -0.05) is 54.3 Å². The third-order valence-electron chi connectivity index (χ3n) is 6.12. The van der Waals surface area contributed by atoms with E-state index in [2.05, 4.69) is 34.8 Å². The maximum Gasteiger partial charge on any atom is 0.387 e. The van der Waals surface area contributed by atoms with Crippen LogP contribution in [0, 0.1) is 29.3 Å². The van der Waals surface area contributed by atoms with Gasteiger partial charge in [-0.25, -0.2) is 13.2 Å². The maximum absolute atomic E-state index is 15.2. The standard InChI is InChI=1S/C32H25F5O/c1-2-3-4-5-21-6-8-22(9-7-21)10-11-23-13-17-27-26(18-23)16-15-25(30(27)35)14-12-24-19-28(33)31(29(34)20-24)38-32(36)37/h2-3,6-9,13,15-20,32H,4-5,12,14H2,1H3/b3-2+. The van der Waals surface area contributed by atoms with Crippen LogP contribution in [0.1, 0.15) is 41.2 Å². The van der Waals surface area contributed by atoms with E-state index >= 15 is 4.39 Å². The highest BCUT2D eigenvalue weighted by Crippen LogP contribution is 2.27. The SMILES string of the molecule is C/C=C/CCc1ccc(C#Cc2ccc3c(F)c(CCc4cc(F)c(OC(F)F)c(F)c4)ccc3c2)cc1. The molecule has 0 spiro atoms. The summed E-state index contributed by atoms with van der Waals surface area (Å²) in [5, 5.41) is 1.10. The average Bonchev–Trinajstić information content (AvgIpc) is 2.90. The molecule has 0 aliphatic heterocycles. The molecule has 0 bridgehead atoms. The lowest BCUT2D eigenvalue weighted by atomic mass is 9.99. The van der Waals surface area contributed by atoms with Crippen LogP contribution in [-0.4, -0.2) is 6.61 Å². The van der Waals surface area contributed by atoms with E-state index < -0.39 is 29.8 Å². The van der Waals surface area contributed by atoms with E-state index in [9.17, 15) is 17.6 Å². The molecule has 0 aromatic heterocycles. The first-order valence-corrected chi connectivity index (χ1v) is 12.2. The molecule has 38 heavy (non-hydrogen) atoms. The molecule has 0 unspecified atom stereocenters. The van der Waals surface area contributed by atoms with Gasteiger partial charge in [0.2, 0.25) is 0 Å². The number of ether oxygens (including phenoxy) is 1. The Labute approximate surface area is 218 Å². The van der Waals surface area contributed by atoms with Crippen LogP contribution in [0.4, 0.5) is 22.0 Å². The lowest BCUT2D eigenvalue weighted by Gasteiger charge is -2.10. The molecule has 0 radical (unpaired) electrons. The van der Waals surface area contributed by atoms with E-state index in [1.165, 1.54) is 5.56 Å². The average molecular weight is 521 g/mol. The number of aryl methyl sites for hydroxylation is 3. The van der Waals surface area contributed by atoms with Crippen molar-refractivity contribution in [3.63, 3.8) is 0 Å². The molecule has 0 amide bonds. The van der Waals surface area contributed by atoms with Gasteiger partial charge in [0.15, 0.2) is 17.4 Å². The summed E-state index contributed by atoms with van der Waals surface area (Å²) in [7, 11) is 0. The van der Waals surface area contributed by atoms with Crippen molar-refractivity contribution in [3.8, 4) is 17.6 Å². The number of allylic oxidation sites excluding steroid dienone is 2. The van der Waals surface area contributed by atoms with Gasteiger partial charge in [0, 0.05) is 16.5 Å². The Morgan fingerprint density at radius 1 is 0.763 bits per heavy atom. The fraction of sp³-hybridized carbons (Fsp3) is 0.188. The lowest BCUT2D eigenvalue weighted by Crippen LogP contribution is -2.06. The Balaban J connectivity index is 1.46. The zero-order chi connectivity index (χ0) is 27.1. The summed E-state index contributed by atoms with van der Waals surface area (Å²) in [6.45, 7) is -1.33. The monoisotopic (exact) mass is 520 g/mol. The minimum atomic E-state index is -3.34. The molecular weight excluding hydrogens is 495 g/mol. The van der Waals surface area contributed by atoms with E-state index in [0.717, 1.165) is 36.1 Å². The predicted molar refractivity (Wildman–Crippen MR) is 140 cm³/mol. The normalized spacial score (nSPS) is 11.2. The summed E-state index contributed by atoms with van der Waals surface area (Å²) in [6, 6.07) is 18.6. The maximum atomic E-state index is 15.2. The number of hydrogen-bond donors (Lipinski definition) is 0. The summed E-state index contributed by atoms with van der Waals surface area (Å²) in [5.74, 6) is 2.25. The van der Waals surface area contributed by atoms with Crippen molar-refractivity contribution in [1.29, 1.82) is 0 Å². The predicted octanol–water partition coefficient (Wildman–Crippen LogP) is 8.55. The summed E-state index contributed by atoms with van der Waals surface area (Å²) in [4.78, 5) is 0. The van der Waals surface area contributed by atoms with Crippen LogP contribution in [0.15, 0.2) is 78.9 Å². The zero-order valence-electron chi connectivity index (χ0n) is 20.7. The molecular formula is C32H25F5O.